The number of aromatic nitrogens is 6. The summed E-state index contributed by atoms with van der Waals surface area (Å²) in [5.41, 5.74) is 9.39. The highest BCUT2D eigenvalue weighted by atomic mass is 16.5. The number of hydrogen-bond acceptors (Lipinski definition) is 13. The molecule has 3 aromatic carbocycles. The predicted molar refractivity (Wildman–Crippen MR) is 273 cm³/mol. The standard InChI is InChI=1S/C54H68N10O6/c1-42-18-10-11-23-45(42)41-58-60-49-26-25-46(40-57-49)52(66)56-29-17-32-68-35-37-69-36-34-67-31-16-28-55-50(65)24-12-14-30-64-53(61-62-63-64)54(2,3)27-13-15-33-70-51-39-47(43-19-6-4-7-20-43)38-48(59-51)44-21-8-5-9-22-44/h4-11,18-23,25-26,38-41H,12-17,24,27-37H2,1-3H3,(H,55,65)(H,56,66)(H,57,60)/b58-41-. The molecule has 370 valence electrons. The Morgan fingerprint density at radius 3 is 2.10 bits per heavy atom. The number of hydrogen-bond donors (Lipinski definition) is 3. The van der Waals surface area contributed by atoms with E-state index >= 15 is 0 Å². The van der Waals surface area contributed by atoms with Crippen LogP contribution in [-0.2, 0) is 31.0 Å². The predicted octanol–water partition coefficient (Wildman–Crippen LogP) is 8.62. The number of nitrogens with one attached hydrogen (secondary N) is 3. The molecule has 3 aromatic heterocycles. The molecule has 6 aromatic rings. The van der Waals surface area contributed by atoms with E-state index in [0.717, 1.165) is 77.9 Å². The van der Waals surface area contributed by atoms with Crippen molar-refractivity contribution in [3.63, 3.8) is 0 Å². The average molecular weight is 953 g/mol. The van der Waals surface area contributed by atoms with E-state index in [1.54, 1.807) is 18.3 Å². The van der Waals surface area contributed by atoms with Gasteiger partial charge in [-0.05, 0) is 103 Å². The summed E-state index contributed by atoms with van der Waals surface area (Å²) in [6.07, 6.45) is 9.32. The largest absolute Gasteiger partial charge is 0.478 e. The Morgan fingerprint density at radius 1 is 0.700 bits per heavy atom. The Morgan fingerprint density at radius 2 is 1.39 bits per heavy atom. The highest BCUT2D eigenvalue weighted by Crippen LogP contribution is 2.30. The molecule has 0 aliphatic carbocycles. The normalized spacial score (nSPS) is 11.5. The quantitative estimate of drug-likeness (QED) is 0.0208. The van der Waals surface area contributed by atoms with Crippen LogP contribution in [0, 0.1) is 6.92 Å². The second kappa shape index (κ2) is 29.2. The molecule has 0 radical (unpaired) electrons. The summed E-state index contributed by atoms with van der Waals surface area (Å²) in [5.74, 6) is 1.85. The highest BCUT2D eigenvalue weighted by molar-refractivity contribution is 5.94. The maximum Gasteiger partial charge on any atom is 0.252 e. The third-order valence-electron chi connectivity index (χ3n) is 11.5. The van der Waals surface area contributed by atoms with Crippen molar-refractivity contribution in [3.8, 4) is 28.3 Å². The Labute approximate surface area is 412 Å². The van der Waals surface area contributed by atoms with Crippen molar-refractivity contribution in [3.05, 3.63) is 138 Å². The lowest BCUT2D eigenvalue weighted by molar-refractivity contribution is -0.121. The van der Waals surface area contributed by atoms with Crippen LogP contribution >= 0.6 is 0 Å². The van der Waals surface area contributed by atoms with Crippen LogP contribution < -0.4 is 20.8 Å². The van der Waals surface area contributed by atoms with Crippen molar-refractivity contribution < 1.29 is 28.5 Å². The van der Waals surface area contributed by atoms with Gasteiger partial charge in [-0.3, -0.25) is 15.0 Å². The number of pyridine rings is 2. The molecule has 16 nitrogen and oxygen atoms in total. The number of carbonyl (C=O) groups is 2. The molecule has 2 amide bonds. The zero-order valence-corrected chi connectivity index (χ0v) is 40.9. The van der Waals surface area contributed by atoms with Crippen LogP contribution in [0.2, 0.25) is 0 Å². The molecule has 0 atom stereocenters. The van der Waals surface area contributed by atoms with Gasteiger partial charge in [-0.25, -0.2) is 14.6 Å². The molecule has 0 spiro atoms. The van der Waals surface area contributed by atoms with Gasteiger partial charge in [-0.1, -0.05) is 98.8 Å². The van der Waals surface area contributed by atoms with E-state index in [1.165, 1.54) is 6.20 Å². The zero-order chi connectivity index (χ0) is 49.1. The first-order valence-corrected chi connectivity index (χ1v) is 24.4. The van der Waals surface area contributed by atoms with Gasteiger partial charge in [0, 0.05) is 62.5 Å². The Kier molecular flexibility index (Phi) is 21.9. The Bertz CT molecular complexity index is 2430. The number of rotatable bonds is 32. The summed E-state index contributed by atoms with van der Waals surface area (Å²) in [5, 5.41) is 22.7. The van der Waals surface area contributed by atoms with Crippen LogP contribution in [-0.4, -0.2) is 108 Å². The highest BCUT2D eigenvalue weighted by Gasteiger charge is 2.27. The van der Waals surface area contributed by atoms with Crippen molar-refractivity contribution in [1.29, 1.82) is 0 Å². The summed E-state index contributed by atoms with van der Waals surface area (Å²) in [6, 6.07) is 36.0. The van der Waals surface area contributed by atoms with Crippen LogP contribution in [0.3, 0.4) is 0 Å². The van der Waals surface area contributed by atoms with E-state index in [9.17, 15) is 9.59 Å². The van der Waals surface area contributed by atoms with Crippen molar-refractivity contribution in [2.24, 2.45) is 5.10 Å². The number of hydrazone groups is 1. The number of ether oxygens (including phenoxy) is 4. The van der Waals surface area contributed by atoms with Crippen LogP contribution in [0.4, 0.5) is 5.82 Å². The van der Waals surface area contributed by atoms with E-state index in [2.05, 4.69) is 85.8 Å². The molecular formula is C54H68N10O6. The minimum absolute atomic E-state index is 0.0279. The fraction of sp³-hybridized carbons (Fsp3) is 0.407. The van der Waals surface area contributed by atoms with E-state index < -0.39 is 0 Å². The summed E-state index contributed by atoms with van der Waals surface area (Å²) in [6.45, 7) is 11.5. The van der Waals surface area contributed by atoms with E-state index in [1.807, 2.05) is 78.3 Å². The molecule has 3 heterocycles. The lowest BCUT2D eigenvalue weighted by atomic mass is 9.86. The molecule has 0 aliphatic rings. The van der Waals surface area contributed by atoms with Gasteiger partial charge in [-0.15, -0.1) is 5.10 Å². The van der Waals surface area contributed by atoms with Crippen LogP contribution in [0.5, 0.6) is 5.88 Å². The molecular weight excluding hydrogens is 885 g/mol. The first-order chi connectivity index (χ1) is 34.2. The molecule has 0 unspecified atom stereocenters. The lowest BCUT2D eigenvalue weighted by Crippen LogP contribution is -2.25. The lowest BCUT2D eigenvalue weighted by Gasteiger charge is -2.23. The fourth-order valence-corrected chi connectivity index (χ4v) is 7.48. The van der Waals surface area contributed by atoms with Crippen molar-refractivity contribution >= 4 is 23.8 Å². The molecule has 70 heavy (non-hydrogen) atoms. The van der Waals surface area contributed by atoms with Crippen molar-refractivity contribution in [2.45, 2.75) is 84.1 Å². The van der Waals surface area contributed by atoms with Crippen molar-refractivity contribution in [1.82, 2.24) is 40.8 Å². The molecule has 0 bridgehead atoms. The van der Waals surface area contributed by atoms with Gasteiger partial charge >= 0.3 is 0 Å². The average Bonchev–Trinajstić information content (AvgIpc) is 3.87. The van der Waals surface area contributed by atoms with E-state index in [4.69, 9.17) is 23.9 Å². The smallest absolute Gasteiger partial charge is 0.252 e. The Hall–Kier alpha value is -6.88. The molecule has 0 aliphatic heterocycles. The monoisotopic (exact) mass is 953 g/mol. The number of tetrazole rings is 1. The van der Waals surface area contributed by atoms with Crippen LogP contribution in [0.1, 0.15) is 92.5 Å². The Balaban J connectivity index is 0.729. The van der Waals surface area contributed by atoms with Gasteiger partial charge in [0.1, 0.15) is 5.82 Å². The number of nitrogens with zero attached hydrogens (tertiary/aromatic N) is 7. The molecule has 0 saturated heterocycles. The first-order valence-electron chi connectivity index (χ1n) is 24.4. The van der Waals surface area contributed by atoms with Gasteiger partial charge in [0.25, 0.3) is 5.91 Å². The van der Waals surface area contributed by atoms with E-state index in [-0.39, 0.29) is 17.2 Å². The van der Waals surface area contributed by atoms with E-state index in [0.29, 0.717) is 96.0 Å². The van der Waals surface area contributed by atoms with Gasteiger partial charge < -0.3 is 29.6 Å². The molecule has 6 rings (SSSR count). The number of anilines is 1. The number of benzene rings is 3. The minimum atomic E-state index is -0.231. The van der Waals surface area contributed by atoms with Crippen LogP contribution in [0.25, 0.3) is 22.4 Å². The first kappa shape index (κ1) is 52.5. The van der Waals surface area contributed by atoms with Gasteiger partial charge in [0.2, 0.25) is 11.8 Å². The number of carbonyl (C=O) groups excluding carboxylic acids is 2. The van der Waals surface area contributed by atoms with Gasteiger partial charge in [0.15, 0.2) is 5.82 Å². The number of amides is 2. The third-order valence-corrected chi connectivity index (χ3v) is 11.5. The summed E-state index contributed by atoms with van der Waals surface area (Å²) < 4.78 is 25.0. The molecule has 3 N–H and O–H groups in total. The molecule has 16 heteroatoms. The number of aryl methyl sites for hydroxylation is 2. The van der Waals surface area contributed by atoms with Gasteiger partial charge in [0.05, 0.1) is 50.5 Å². The fourth-order valence-electron chi connectivity index (χ4n) is 7.48. The zero-order valence-electron chi connectivity index (χ0n) is 40.9. The summed E-state index contributed by atoms with van der Waals surface area (Å²) >= 11 is 0. The molecule has 0 fully saturated rings. The maximum atomic E-state index is 12.5. The number of unbranched alkanes of at least 4 members (excludes halogenated alkanes) is 2. The summed E-state index contributed by atoms with van der Waals surface area (Å²) in [4.78, 5) is 34.0. The van der Waals surface area contributed by atoms with Crippen molar-refractivity contribution in [2.75, 3.05) is 64.8 Å². The maximum absolute atomic E-state index is 12.5. The van der Waals surface area contributed by atoms with Crippen LogP contribution in [0.15, 0.2) is 120 Å². The topological polar surface area (TPSA) is 189 Å². The SMILES string of the molecule is Cc1ccccc1/C=N\Nc1ccc(C(=O)NCCCOCCOCCOCCCNC(=O)CCCCn2nnnc2C(C)(C)CCCCOc2cc(-c3ccccc3)cc(-c3ccccc3)n2)cn1. The minimum Gasteiger partial charge on any atom is -0.478 e. The molecule has 0 saturated carbocycles. The van der Waals surface area contributed by atoms with Gasteiger partial charge in [-0.2, -0.15) is 5.10 Å². The third kappa shape index (κ3) is 18.2. The summed E-state index contributed by atoms with van der Waals surface area (Å²) in [7, 11) is 0. The second-order valence-corrected chi connectivity index (χ2v) is 17.5. The second-order valence-electron chi connectivity index (χ2n) is 17.5.